The first-order valence-electron chi connectivity index (χ1n) is 7.21. The molecule has 6 nitrogen and oxygen atoms in total. The molecule has 0 radical (unpaired) electrons. The fourth-order valence-electron chi connectivity index (χ4n) is 2.29. The Morgan fingerprint density at radius 3 is 2.79 bits per heavy atom. The molecule has 0 fully saturated rings. The summed E-state index contributed by atoms with van der Waals surface area (Å²) >= 11 is 6.06. The van der Waals surface area contributed by atoms with Crippen LogP contribution in [0, 0.1) is 17.0 Å². The predicted octanol–water partition coefficient (Wildman–Crippen LogP) is 4.59. The Morgan fingerprint density at radius 1 is 1.29 bits per heavy atom. The van der Waals surface area contributed by atoms with Crippen LogP contribution >= 0.6 is 11.6 Å². The lowest BCUT2D eigenvalue weighted by Crippen LogP contribution is -2.00. The highest BCUT2D eigenvalue weighted by atomic mass is 35.5. The average molecular weight is 344 g/mol. The predicted molar refractivity (Wildman–Crippen MR) is 90.7 cm³/mol. The molecule has 1 aromatic heterocycles. The van der Waals surface area contributed by atoms with Gasteiger partial charge in [-0.05, 0) is 30.7 Å². The number of aromatic nitrogens is 2. The van der Waals surface area contributed by atoms with E-state index in [0.29, 0.717) is 18.0 Å². The second kappa shape index (κ2) is 6.72. The van der Waals surface area contributed by atoms with Crippen LogP contribution in [0.5, 0.6) is 11.5 Å². The highest BCUT2D eigenvalue weighted by molar-refractivity contribution is 6.32. The molecule has 7 heteroatoms. The van der Waals surface area contributed by atoms with E-state index in [2.05, 4.69) is 4.98 Å². The number of non-ortho nitro benzene ring substituents is 1. The molecule has 0 N–H and O–H groups in total. The SMILES string of the molecule is Cc1nccn1Cc1cccc(Oc2ccc([N+](=O)[O-])cc2Cl)c1. The van der Waals surface area contributed by atoms with Crippen molar-refractivity contribution in [2.75, 3.05) is 0 Å². The number of nitro benzene ring substituents is 1. The number of benzene rings is 2. The lowest BCUT2D eigenvalue weighted by Gasteiger charge is -2.10. The van der Waals surface area contributed by atoms with Gasteiger partial charge in [-0.3, -0.25) is 10.1 Å². The molecule has 3 aromatic rings. The highest BCUT2D eigenvalue weighted by Gasteiger charge is 2.11. The summed E-state index contributed by atoms with van der Waals surface area (Å²) in [6.45, 7) is 2.62. The number of ether oxygens (including phenoxy) is 1. The highest BCUT2D eigenvalue weighted by Crippen LogP contribution is 2.32. The van der Waals surface area contributed by atoms with Crippen molar-refractivity contribution in [2.24, 2.45) is 0 Å². The normalized spacial score (nSPS) is 10.6. The number of hydrogen-bond donors (Lipinski definition) is 0. The van der Waals surface area contributed by atoms with Gasteiger partial charge in [0.25, 0.3) is 5.69 Å². The van der Waals surface area contributed by atoms with Crippen LogP contribution in [0.3, 0.4) is 0 Å². The van der Waals surface area contributed by atoms with Crippen molar-refractivity contribution in [3.63, 3.8) is 0 Å². The molecule has 0 amide bonds. The van der Waals surface area contributed by atoms with Crippen LogP contribution in [0.2, 0.25) is 5.02 Å². The largest absolute Gasteiger partial charge is 0.456 e. The molecule has 0 saturated carbocycles. The smallest absolute Gasteiger partial charge is 0.271 e. The summed E-state index contributed by atoms with van der Waals surface area (Å²) in [4.78, 5) is 14.4. The number of halogens is 1. The van der Waals surface area contributed by atoms with Crippen LogP contribution in [-0.2, 0) is 6.54 Å². The van der Waals surface area contributed by atoms with E-state index in [-0.39, 0.29) is 10.7 Å². The summed E-state index contributed by atoms with van der Waals surface area (Å²) in [5, 5.41) is 10.9. The second-order valence-electron chi connectivity index (χ2n) is 5.22. The van der Waals surface area contributed by atoms with Crippen LogP contribution < -0.4 is 4.74 Å². The van der Waals surface area contributed by atoms with Gasteiger partial charge in [-0.1, -0.05) is 23.7 Å². The number of aryl methyl sites for hydroxylation is 1. The Bertz CT molecular complexity index is 892. The summed E-state index contributed by atoms with van der Waals surface area (Å²) in [7, 11) is 0. The summed E-state index contributed by atoms with van der Waals surface area (Å²) in [5.74, 6) is 1.92. The van der Waals surface area contributed by atoms with Crippen molar-refractivity contribution >= 4 is 17.3 Å². The number of nitrogens with zero attached hydrogens (tertiary/aromatic N) is 3. The molecule has 0 saturated heterocycles. The first-order chi connectivity index (χ1) is 11.5. The van der Waals surface area contributed by atoms with Gasteiger partial charge in [0.05, 0.1) is 9.95 Å². The van der Waals surface area contributed by atoms with Gasteiger partial charge in [0.2, 0.25) is 0 Å². The number of imidazole rings is 1. The fourth-order valence-corrected chi connectivity index (χ4v) is 2.50. The quantitative estimate of drug-likeness (QED) is 0.501. The van der Waals surface area contributed by atoms with Crippen LogP contribution in [0.4, 0.5) is 5.69 Å². The van der Waals surface area contributed by atoms with E-state index in [9.17, 15) is 10.1 Å². The zero-order valence-corrected chi connectivity index (χ0v) is 13.6. The molecular formula is C17H14ClN3O3. The molecule has 2 aromatic carbocycles. The molecule has 0 bridgehead atoms. The van der Waals surface area contributed by atoms with Crippen molar-refractivity contribution in [2.45, 2.75) is 13.5 Å². The van der Waals surface area contributed by atoms with Crippen molar-refractivity contribution in [1.82, 2.24) is 9.55 Å². The van der Waals surface area contributed by atoms with Crippen LogP contribution in [0.1, 0.15) is 11.4 Å². The van der Waals surface area contributed by atoms with Crippen LogP contribution in [-0.4, -0.2) is 14.5 Å². The second-order valence-corrected chi connectivity index (χ2v) is 5.63. The van der Waals surface area contributed by atoms with Gasteiger partial charge in [0, 0.05) is 31.1 Å². The monoisotopic (exact) mass is 343 g/mol. The number of hydrogen-bond acceptors (Lipinski definition) is 4. The first kappa shape index (κ1) is 16.0. The Morgan fingerprint density at radius 2 is 2.12 bits per heavy atom. The maximum Gasteiger partial charge on any atom is 0.271 e. The average Bonchev–Trinajstić information content (AvgIpc) is 2.94. The molecular weight excluding hydrogens is 330 g/mol. The van der Waals surface area contributed by atoms with Crippen molar-refractivity contribution in [3.8, 4) is 11.5 Å². The van der Waals surface area contributed by atoms with E-state index in [1.165, 1.54) is 18.2 Å². The molecule has 0 atom stereocenters. The molecule has 24 heavy (non-hydrogen) atoms. The molecule has 3 rings (SSSR count). The van der Waals surface area contributed by atoms with Gasteiger partial charge in [-0.2, -0.15) is 0 Å². The van der Waals surface area contributed by atoms with Gasteiger partial charge in [-0.25, -0.2) is 4.98 Å². The Hall–Kier alpha value is -2.86. The zero-order chi connectivity index (χ0) is 17.1. The van der Waals surface area contributed by atoms with E-state index in [0.717, 1.165) is 11.4 Å². The van der Waals surface area contributed by atoms with Crippen molar-refractivity contribution < 1.29 is 9.66 Å². The van der Waals surface area contributed by atoms with E-state index >= 15 is 0 Å². The Labute approximate surface area is 143 Å². The first-order valence-corrected chi connectivity index (χ1v) is 7.59. The van der Waals surface area contributed by atoms with Gasteiger partial charge in [0.1, 0.15) is 17.3 Å². The summed E-state index contributed by atoms with van der Waals surface area (Å²) in [5.41, 5.74) is 0.975. The third-order valence-electron chi connectivity index (χ3n) is 3.53. The lowest BCUT2D eigenvalue weighted by atomic mass is 10.2. The molecule has 0 aliphatic heterocycles. The van der Waals surface area contributed by atoms with Crippen LogP contribution in [0.15, 0.2) is 54.9 Å². The van der Waals surface area contributed by atoms with Crippen molar-refractivity contribution in [3.05, 3.63) is 81.4 Å². The van der Waals surface area contributed by atoms with E-state index in [4.69, 9.17) is 16.3 Å². The van der Waals surface area contributed by atoms with Gasteiger partial charge in [0.15, 0.2) is 0 Å². The minimum absolute atomic E-state index is 0.0725. The standard InChI is InChI=1S/C17H14ClN3O3/c1-12-19-7-8-20(12)11-13-3-2-4-15(9-13)24-17-6-5-14(21(22)23)10-16(17)18/h2-10H,11H2,1H3. The fraction of sp³-hybridized carbons (Fsp3) is 0.118. The topological polar surface area (TPSA) is 70.2 Å². The molecule has 1 heterocycles. The maximum atomic E-state index is 10.7. The molecule has 0 aliphatic carbocycles. The van der Waals surface area contributed by atoms with Crippen molar-refractivity contribution in [1.29, 1.82) is 0 Å². The minimum atomic E-state index is -0.496. The maximum absolute atomic E-state index is 10.7. The number of nitro groups is 1. The molecule has 0 spiro atoms. The van der Waals surface area contributed by atoms with E-state index in [1.54, 1.807) is 6.20 Å². The Kier molecular flexibility index (Phi) is 4.48. The summed E-state index contributed by atoms with van der Waals surface area (Å²) in [6.07, 6.45) is 3.67. The van der Waals surface area contributed by atoms with Gasteiger partial charge < -0.3 is 9.30 Å². The lowest BCUT2D eigenvalue weighted by molar-refractivity contribution is -0.384. The third-order valence-corrected chi connectivity index (χ3v) is 3.82. The van der Waals surface area contributed by atoms with E-state index < -0.39 is 4.92 Å². The van der Waals surface area contributed by atoms with Gasteiger partial charge in [-0.15, -0.1) is 0 Å². The molecule has 0 unspecified atom stereocenters. The Balaban J connectivity index is 1.80. The number of rotatable bonds is 5. The van der Waals surface area contributed by atoms with Gasteiger partial charge >= 0.3 is 0 Å². The van der Waals surface area contributed by atoms with E-state index in [1.807, 2.05) is 42.0 Å². The van der Waals surface area contributed by atoms with Crippen LogP contribution in [0.25, 0.3) is 0 Å². The summed E-state index contributed by atoms with van der Waals surface area (Å²) < 4.78 is 7.78. The summed E-state index contributed by atoms with van der Waals surface area (Å²) in [6, 6.07) is 11.7. The molecule has 122 valence electrons. The third kappa shape index (κ3) is 3.55. The molecule has 0 aliphatic rings. The minimum Gasteiger partial charge on any atom is -0.456 e. The zero-order valence-electron chi connectivity index (χ0n) is 12.8.